The highest BCUT2D eigenvalue weighted by molar-refractivity contribution is 6.99. The van der Waals surface area contributed by atoms with E-state index in [1.54, 1.807) is 24.3 Å². The second-order valence-corrected chi connectivity index (χ2v) is 16.7. The molecule has 3 aliphatic heterocycles. The zero-order valence-electron chi connectivity index (χ0n) is 24.9. The van der Waals surface area contributed by atoms with E-state index in [2.05, 4.69) is 45.0 Å². The highest BCUT2D eigenvalue weighted by Crippen LogP contribution is 2.49. The number of hydrogen-bond acceptors (Lipinski definition) is 8. The van der Waals surface area contributed by atoms with Gasteiger partial charge in [0.1, 0.15) is 24.1 Å². The van der Waals surface area contributed by atoms with E-state index in [1.165, 1.54) is 6.92 Å². The van der Waals surface area contributed by atoms with Gasteiger partial charge in [0.2, 0.25) is 6.29 Å². The summed E-state index contributed by atoms with van der Waals surface area (Å²) in [5, 5.41) is 2.07. The number of hydrogen-bond donors (Lipinski definition) is 0. The number of fused-ring (bicyclic) bond motifs is 2. The van der Waals surface area contributed by atoms with Gasteiger partial charge >= 0.3 is 5.97 Å². The van der Waals surface area contributed by atoms with Crippen LogP contribution in [0.5, 0.6) is 0 Å². The van der Waals surface area contributed by atoms with E-state index in [4.69, 9.17) is 28.1 Å². The summed E-state index contributed by atoms with van der Waals surface area (Å²) in [5.74, 6) is -1.96. The summed E-state index contributed by atoms with van der Waals surface area (Å²) in [6, 6.07) is 29.5. The Hall–Kier alpha value is -3.18. The molecule has 3 heterocycles. The van der Waals surface area contributed by atoms with Gasteiger partial charge in [-0.3, -0.25) is 4.74 Å². The highest BCUT2D eigenvalue weighted by Gasteiger charge is 2.67. The van der Waals surface area contributed by atoms with E-state index in [1.807, 2.05) is 42.5 Å². The van der Waals surface area contributed by atoms with E-state index < -0.39 is 51.0 Å². The molecule has 3 saturated heterocycles. The van der Waals surface area contributed by atoms with Crippen LogP contribution in [0.2, 0.25) is 5.04 Å². The summed E-state index contributed by atoms with van der Waals surface area (Å²) >= 11 is 0. The molecule has 0 spiro atoms. The van der Waals surface area contributed by atoms with Crippen molar-refractivity contribution >= 4 is 30.4 Å². The van der Waals surface area contributed by atoms with Crippen LogP contribution in [-0.4, -0.2) is 63.4 Å². The van der Waals surface area contributed by atoms with Crippen LogP contribution in [0.4, 0.5) is 0 Å². The van der Waals surface area contributed by atoms with Gasteiger partial charge in [-0.05, 0) is 34.5 Å². The average Bonchev–Trinajstić information content (AvgIpc) is 3.24. The van der Waals surface area contributed by atoms with Gasteiger partial charge in [0.15, 0.2) is 6.10 Å². The Labute approximate surface area is 253 Å². The Morgan fingerprint density at radius 1 is 0.814 bits per heavy atom. The number of carbonyl (C=O) groups excluding carboxylic acids is 2. The number of benzene rings is 3. The van der Waals surface area contributed by atoms with Crippen molar-refractivity contribution in [1.29, 1.82) is 0 Å². The fraction of sp³-hybridized carbons (Fsp3) is 0.412. The van der Waals surface area contributed by atoms with E-state index in [9.17, 15) is 9.59 Å². The number of rotatable bonds is 10. The predicted molar refractivity (Wildman–Crippen MR) is 161 cm³/mol. The van der Waals surface area contributed by atoms with Gasteiger partial charge in [0.05, 0.1) is 12.2 Å². The normalized spacial score (nSPS) is 28.0. The minimum atomic E-state index is -2.87. The number of ether oxygens (including phenoxy) is 5. The fourth-order valence-corrected chi connectivity index (χ4v) is 11.0. The molecule has 226 valence electrons. The van der Waals surface area contributed by atoms with Crippen molar-refractivity contribution in [3.63, 3.8) is 0 Å². The zero-order valence-corrected chi connectivity index (χ0v) is 25.9. The molecule has 3 fully saturated rings. The molecule has 0 N–H and O–H groups in total. The molecule has 9 heteroatoms. The van der Waals surface area contributed by atoms with Gasteiger partial charge in [0, 0.05) is 12.8 Å². The third kappa shape index (κ3) is 5.61. The van der Waals surface area contributed by atoms with E-state index in [-0.39, 0.29) is 30.3 Å². The minimum Gasteiger partial charge on any atom is -0.450 e. The molecule has 3 aromatic rings. The van der Waals surface area contributed by atoms with Crippen LogP contribution in [0.1, 0.15) is 50.9 Å². The largest absolute Gasteiger partial charge is 0.450 e. The molecule has 0 aliphatic carbocycles. The van der Waals surface area contributed by atoms with Crippen LogP contribution >= 0.6 is 0 Å². The van der Waals surface area contributed by atoms with Crippen LogP contribution in [0.25, 0.3) is 0 Å². The Morgan fingerprint density at radius 2 is 1.37 bits per heavy atom. The molecule has 0 saturated carbocycles. The third-order valence-corrected chi connectivity index (χ3v) is 13.4. The quantitative estimate of drug-likeness (QED) is 0.250. The topological polar surface area (TPSA) is 89.5 Å². The first-order valence-electron chi connectivity index (χ1n) is 14.8. The van der Waals surface area contributed by atoms with Crippen LogP contribution in [0, 0.1) is 0 Å². The number of esters is 1. The first kappa shape index (κ1) is 29.9. The summed E-state index contributed by atoms with van der Waals surface area (Å²) in [7, 11) is -2.87. The molecule has 0 amide bonds. The maximum absolute atomic E-state index is 13.0. The van der Waals surface area contributed by atoms with E-state index in [0.717, 1.165) is 10.4 Å². The van der Waals surface area contributed by atoms with Crippen molar-refractivity contribution in [3.8, 4) is 0 Å². The number of carbonyl (C=O) groups is 2. The molecule has 1 unspecified atom stereocenters. The first-order valence-corrected chi connectivity index (χ1v) is 16.7. The first-order chi connectivity index (χ1) is 20.6. The minimum absolute atomic E-state index is 0.00825. The van der Waals surface area contributed by atoms with Gasteiger partial charge < -0.3 is 28.2 Å². The molecular formula is C34H38O8Si. The van der Waals surface area contributed by atoms with Gasteiger partial charge in [-0.1, -0.05) is 99.6 Å². The molecular weight excluding hydrogens is 564 g/mol. The monoisotopic (exact) mass is 602 g/mol. The third-order valence-electron chi connectivity index (χ3n) is 8.43. The molecule has 6 atom stereocenters. The molecule has 8 nitrogen and oxygen atoms in total. The predicted octanol–water partition coefficient (Wildman–Crippen LogP) is 4.35. The lowest BCUT2D eigenvalue weighted by Gasteiger charge is -2.46. The van der Waals surface area contributed by atoms with Gasteiger partial charge in [-0.2, -0.15) is 0 Å². The zero-order chi connectivity index (χ0) is 30.2. The molecule has 0 radical (unpaired) electrons. The maximum atomic E-state index is 13.0. The second kappa shape index (κ2) is 11.7. The lowest BCUT2D eigenvalue weighted by molar-refractivity contribution is -0.424. The standard InChI is InChI=1S/C34H38O8Si/c1-23(35)20-21-34-40-28-27(38-32(42-34)30(29(28)41-34)39-31(36)24-14-8-5-9-15-24)22-37-43(33(2,3)4,25-16-10-6-11-17-25)26-18-12-7-13-19-26/h5-19,27-30,32H,20-22H2,1-4H3/t27-,28+,29+,30-,32+,34?/m1/s1. The lowest BCUT2D eigenvalue weighted by Crippen LogP contribution is -2.68. The van der Waals surface area contributed by atoms with Crippen molar-refractivity contribution in [3.05, 3.63) is 96.6 Å². The van der Waals surface area contributed by atoms with Crippen LogP contribution in [0.15, 0.2) is 91.0 Å². The van der Waals surface area contributed by atoms with Crippen molar-refractivity contribution in [2.45, 2.75) is 82.3 Å². The molecule has 3 bridgehead atoms. The van der Waals surface area contributed by atoms with Gasteiger partial charge in [-0.25, -0.2) is 4.79 Å². The number of ketones is 1. The average molecular weight is 603 g/mol. The molecule has 0 aromatic heterocycles. The summed E-state index contributed by atoms with van der Waals surface area (Å²) in [4.78, 5) is 24.9. The van der Waals surface area contributed by atoms with Crippen molar-refractivity contribution in [1.82, 2.24) is 0 Å². The van der Waals surface area contributed by atoms with Gasteiger partial charge in [-0.15, -0.1) is 0 Å². The summed E-state index contributed by atoms with van der Waals surface area (Å²) in [6.07, 6.45) is -3.25. The highest BCUT2D eigenvalue weighted by atomic mass is 28.4. The molecule has 6 rings (SSSR count). The molecule has 43 heavy (non-hydrogen) atoms. The van der Waals surface area contributed by atoms with Crippen molar-refractivity contribution in [2.24, 2.45) is 0 Å². The Kier molecular flexibility index (Phi) is 8.14. The van der Waals surface area contributed by atoms with Crippen LogP contribution in [-0.2, 0) is 32.9 Å². The van der Waals surface area contributed by atoms with Gasteiger partial charge in [0.25, 0.3) is 14.3 Å². The molecule has 3 aromatic carbocycles. The van der Waals surface area contributed by atoms with Crippen molar-refractivity contribution < 1.29 is 37.7 Å². The maximum Gasteiger partial charge on any atom is 0.338 e. The molecule has 3 aliphatic rings. The Bertz CT molecular complexity index is 1390. The van der Waals surface area contributed by atoms with Crippen LogP contribution in [0.3, 0.4) is 0 Å². The summed E-state index contributed by atoms with van der Waals surface area (Å²) in [6.45, 7) is 8.38. The van der Waals surface area contributed by atoms with E-state index in [0.29, 0.717) is 5.56 Å². The Morgan fingerprint density at radius 3 is 1.93 bits per heavy atom. The SMILES string of the molecule is CC(=O)CCC12O[C@@H]3O[C@H](CO[Si](c4ccccc4)(c4ccccc4)C(C)(C)C)[C@H](O1)[C@H](O2)[C@H]3OC(=O)c1ccccc1. The Balaban J connectivity index is 1.30. The fourth-order valence-electron chi connectivity index (χ4n) is 6.42. The smallest absolute Gasteiger partial charge is 0.338 e. The second-order valence-electron chi connectivity index (χ2n) is 12.4. The van der Waals surface area contributed by atoms with E-state index >= 15 is 0 Å². The summed E-state index contributed by atoms with van der Waals surface area (Å²) in [5.41, 5.74) is 0.414. The summed E-state index contributed by atoms with van der Waals surface area (Å²) < 4.78 is 38.5. The number of Topliss-reactive ketones (excluding diaryl/α,β-unsaturated/α-hetero) is 1. The lowest BCUT2D eigenvalue weighted by atomic mass is 9.99. The van der Waals surface area contributed by atoms with Crippen LogP contribution < -0.4 is 10.4 Å². The van der Waals surface area contributed by atoms with Crippen molar-refractivity contribution in [2.75, 3.05) is 6.61 Å².